The lowest BCUT2D eigenvalue weighted by atomic mass is 10.2. The number of aliphatic carboxylic acids is 1. The van der Waals surface area contributed by atoms with Gasteiger partial charge in [0.15, 0.2) is 5.82 Å². The molecule has 1 amide bonds. The van der Waals surface area contributed by atoms with E-state index in [1.54, 1.807) is 18.2 Å². The molecule has 2 rings (SSSR count). The van der Waals surface area contributed by atoms with Gasteiger partial charge in [0.05, 0.1) is 11.5 Å². The number of rotatable bonds is 6. The Morgan fingerprint density at radius 1 is 1.38 bits per heavy atom. The van der Waals surface area contributed by atoms with Crippen LogP contribution < -0.4 is 5.32 Å². The first-order valence-electron chi connectivity index (χ1n) is 6.13. The van der Waals surface area contributed by atoms with E-state index in [1.807, 2.05) is 13.0 Å². The lowest BCUT2D eigenvalue weighted by Crippen LogP contribution is -2.15. The maximum Gasteiger partial charge on any atom is 0.313 e. The first kappa shape index (κ1) is 15.0. The quantitative estimate of drug-likeness (QED) is 0.747. The molecule has 0 unspecified atom stereocenters. The van der Waals surface area contributed by atoms with Crippen molar-refractivity contribution in [2.45, 2.75) is 6.92 Å². The van der Waals surface area contributed by atoms with Crippen molar-refractivity contribution >= 4 is 29.3 Å². The molecule has 1 aromatic carbocycles. The van der Waals surface area contributed by atoms with Crippen LogP contribution in [0, 0.1) is 6.92 Å². The summed E-state index contributed by atoms with van der Waals surface area (Å²) >= 11 is 1.05. The summed E-state index contributed by atoms with van der Waals surface area (Å²) in [5, 5.41) is 18.0. The number of nitrogens with one attached hydrogen (secondary N) is 2. The molecule has 110 valence electrons. The highest BCUT2D eigenvalue weighted by Gasteiger charge is 2.07. The van der Waals surface area contributed by atoms with Crippen molar-refractivity contribution in [3.05, 3.63) is 30.1 Å². The number of carboxylic acids is 1. The number of amides is 1. The normalized spacial score (nSPS) is 10.3. The van der Waals surface area contributed by atoms with E-state index in [1.165, 1.54) is 0 Å². The Bertz CT molecular complexity index is 656. The second-order valence-electron chi connectivity index (χ2n) is 4.26. The fourth-order valence-corrected chi connectivity index (χ4v) is 2.17. The Labute approximate surface area is 125 Å². The zero-order chi connectivity index (χ0) is 15.2. The third-order valence-electron chi connectivity index (χ3n) is 2.46. The molecule has 21 heavy (non-hydrogen) atoms. The number of aromatic amines is 1. The van der Waals surface area contributed by atoms with Gasteiger partial charge in [0.2, 0.25) is 5.91 Å². The van der Waals surface area contributed by atoms with Crippen LogP contribution in [0.25, 0.3) is 11.4 Å². The third-order valence-corrected chi connectivity index (χ3v) is 3.38. The van der Waals surface area contributed by atoms with Crippen molar-refractivity contribution < 1.29 is 14.7 Å². The van der Waals surface area contributed by atoms with Gasteiger partial charge < -0.3 is 10.4 Å². The van der Waals surface area contributed by atoms with Gasteiger partial charge >= 0.3 is 5.97 Å². The SMILES string of the molecule is Cc1nc(-c2cccc(NC(=O)CSCC(=O)O)c2)n[nH]1. The zero-order valence-electron chi connectivity index (χ0n) is 11.3. The molecular weight excluding hydrogens is 292 g/mol. The molecule has 0 bridgehead atoms. The summed E-state index contributed by atoms with van der Waals surface area (Å²) in [6.07, 6.45) is 0. The lowest BCUT2D eigenvalue weighted by Gasteiger charge is -2.05. The van der Waals surface area contributed by atoms with Crippen LogP contribution in [0.3, 0.4) is 0 Å². The fourth-order valence-electron chi connectivity index (χ4n) is 1.64. The van der Waals surface area contributed by atoms with Crippen molar-refractivity contribution in [1.29, 1.82) is 0 Å². The molecule has 3 N–H and O–H groups in total. The van der Waals surface area contributed by atoms with Gasteiger partial charge in [-0.1, -0.05) is 12.1 Å². The molecule has 8 heteroatoms. The molecule has 0 atom stereocenters. The maximum absolute atomic E-state index is 11.7. The molecule has 0 aliphatic rings. The highest BCUT2D eigenvalue weighted by atomic mass is 32.2. The highest BCUT2D eigenvalue weighted by molar-refractivity contribution is 8.00. The van der Waals surface area contributed by atoms with Crippen molar-refractivity contribution in [1.82, 2.24) is 15.2 Å². The Balaban J connectivity index is 1.98. The van der Waals surface area contributed by atoms with E-state index in [9.17, 15) is 9.59 Å². The van der Waals surface area contributed by atoms with Crippen LogP contribution in [-0.2, 0) is 9.59 Å². The second-order valence-corrected chi connectivity index (χ2v) is 5.25. The number of nitrogens with zero attached hydrogens (tertiary/aromatic N) is 2. The maximum atomic E-state index is 11.7. The van der Waals surface area contributed by atoms with Crippen LogP contribution in [0.5, 0.6) is 0 Å². The molecule has 0 aliphatic carbocycles. The second kappa shape index (κ2) is 6.89. The van der Waals surface area contributed by atoms with Crippen LogP contribution in [0.2, 0.25) is 0 Å². The van der Waals surface area contributed by atoms with E-state index < -0.39 is 5.97 Å². The summed E-state index contributed by atoms with van der Waals surface area (Å²) in [6, 6.07) is 7.16. The summed E-state index contributed by atoms with van der Waals surface area (Å²) in [5.74, 6) is 0.0907. The largest absolute Gasteiger partial charge is 0.481 e. The van der Waals surface area contributed by atoms with Gasteiger partial charge in [-0.25, -0.2) is 4.98 Å². The number of anilines is 1. The zero-order valence-corrected chi connectivity index (χ0v) is 12.1. The van der Waals surface area contributed by atoms with E-state index in [4.69, 9.17) is 5.11 Å². The van der Waals surface area contributed by atoms with Gasteiger partial charge in [-0.3, -0.25) is 14.7 Å². The monoisotopic (exact) mass is 306 g/mol. The van der Waals surface area contributed by atoms with E-state index >= 15 is 0 Å². The standard InChI is InChI=1S/C13H14N4O3S/c1-8-14-13(17-16-8)9-3-2-4-10(5-9)15-11(18)6-21-7-12(19)20/h2-5H,6-7H2,1H3,(H,15,18)(H,19,20)(H,14,16,17). The Hall–Kier alpha value is -2.35. The number of H-pyrrole nitrogens is 1. The van der Waals surface area contributed by atoms with E-state index in [-0.39, 0.29) is 17.4 Å². The Morgan fingerprint density at radius 2 is 2.19 bits per heavy atom. The molecule has 7 nitrogen and oxygen atoms in total. The van der Waals surface area contributed by atoms with E-state index in [2.05, 4.69) is 20.5 Å². The fraction of sp³-hybridized carbons (Fsp3) is 0.231. The average Bonchev–Trinajstić information content (AvgIpc) is 2.85. The van der Waals surface area contributed by atoms with Gasteiger partial charge in [0.1, 0.15) is 5.82 Å². The van der Waals surface area contributed by atoms with Crippen molar-refractivity contribution in [3.63, 3.8) is 0 Å². The minimum absolute atomic E-state index is 0.0933. The Kier molecular flexibility index (Phi) is 4.94. The summed E-state index contributed by atoms with van der Waals surface area (Å²) in [7, 11) is 0. The first-order chi connectivity index (χ1) is 10.0. The number of carbonyl (C=O) groups excluding carboxylic acids is 1. The summed E-state index contributed by atoms with van der Waals surface area (Å²) in [6.45, 7) is 1.81. The summed E-state index contributed by atoms with van der Waals surface area (Å²) in [4.78, 5) is 26.3. The van der Waals surface area contributed by atoms with Crippen molar-refractivity contribution in [3.8, 4) is 11.4 Å². The van der Waals surface area contributed by atoms with Crippen molar-refractivity contribution in [2.75, 3.05) is 16.8 Å². The molecule has 1 heterocycles. The molecule has 0 radical (unpaired) electrons. The predicted octanol–water partition coefficient (Wildman–Crippen LogP) is 1.54. The van der Waals surface area contributed by atoms with Gasteiger partial charge in [-0.15, -0.1) is 11.8 Å². The number of carbonyl (C=O) groups is 2. The Morgan fingerprint density at radius 3 is 2.86 bits per heavy atom. The lowest BCUT2D eigenvalue weighted by molar-refractivity contribution is -0.133. The summed E-state index contributed by atoms with van der Waals surface area (Å²) < 4.78 is 0. The average molecular weight is 306 g/mol. The number of hydrogen-bond acceptors (Lipinski definition) is 5. The smallest absolute Gasteiger partial charge is 0.313 e. The molecule has 2 aromatic rings. The molecule has 0 spiro atoms. The molecule has 0 saturated carbocycles. The first-order valence-corrected chi connectivity index (χ1v) is 7.29. The topological polar surface area (TPSA) is 108 Å². The number of aryl methyl sites for hydroxylation is 1. The number of hydrogen-bond donors (Lipinski definition) is 3. The van der Waals surface area contributed by atoms with Crippen molar-refractivity contribution in [2.24, 2.45) is 0 Å². The van der Waals surface area contributed by atoms with Crippen LogP contribution >= 0.6 is 11.8 Å². The van der Waals surface area contributed by atoms with Crippen LogP contribution in [0.4, 0.5) is 5.69 Å². The van der Waals surface area contributed by atoms with Crippen LogP contribution in [-0.4, -0.2) is 43.7 Å². The molecular formula is C13H14N4O3S. The number of benzene rings is 1. The van der Waals surface area contributed by atoms with E-state index in [0.717, 1.165) is 17.3 Å². The predicted molar refractivity (Wildman–Crippen MR) is 80.1 cm³/mol. The van der Waals surface area contributed by atoms with Crippen LogP contribution in [0.1, 0.15) is 5.82 Å². The highest BCUT2D eigenvalue weighted by Crippen LogP contribution is 2.19. The van der Waals surface area contributed by atoms with Gasteiger partial charge in [-0.2, -0.15) is 5.10 Å². The summed E-state index contributed by atoms with van der Waals surface area (Å²) in [5.41, 5.74) is 1.41. The number of thioether (sulfide) groups is 1. The molecule has 0 aliphatic heterocycles. The number of aromatic nitrogens is 3. The number of carboxylic acid groups (broad SMARTS) is 1. The minimum atomic E-state index is -0.935. The molecule has 0 saturated heterocycles. The molecule has 1 aromatic heterocycles. The van der Waals surface area contributed by atoms with Gasteiger partial charge in [-0.05, 0) is 19.1 Å². The minimum Gasteiger partial charge on any atom is -0.481 e. The van der Waals surface area contributed by atoms with Gasteiger partial charge in [0, 0.05) is 11.3 Å². The van der Waals surface area contributed by atoms with Crippen LogP contribution in [0.15, 0.2) is 24.3 Å². The third kappa shape index (κ3) is 4.60. The van der Waals surface area contributed by atoms with Gasteiger partial charge in [0.25, 0.3) is 0 Å². The molecule has 0 fully saturated rings. The van der Waals surface area contributed by atoms with E-state index in [0.29, 0.717) is 17.3 Å².